The van der Waals surface area contributed by atoms with Gasteiger partial charge in [-0.05, 0) is 66.1 Å². The summed E-state index contributed by atoms with van der Waals surface area (Å²) in [4.78, 5) is 13.4. The summed E-state index contributed by atoms with van der Waals surface area (Å²) in [6.07, 6.45) is 0.289. The molecule has 1 aliphatic heterocycles. The topological polar surface area (TPSA) is 92.7 Å². The highest BCUT2D eigenvalue weighted by molar-refractivity contribution is 5.79. The van der Waals surface area contributed by atoms with E-state index in [1.54, 1.807) is 21.3 Å². The van der Waals surface area contributed by atoms with Gasteiger partial charge in [-0.1, -0.05) is 51.6 Å². The molecular formula is C35H48O8. The summed E-state index contributed by atoms with van der Waals surface area (Å²) in [6, 6.07) is 15.5. The molecule has 1 aliphatic carbocycles. The van der Waals surface area contributed by atoms with E-state index in [1.165, 1.54) is 0 Å². The molecule has 2 fully saturated rings. The van der Waals surface area contributed by atoms with Gasteiger partial charge in [0.25, 0.3) is 0 Å². The van der Waals surface area contributed by atoms with Crippen molar-refractivity contribution in [3.63, 3.8) is 0 Å². The zero-order valence-electron chi connectivity index (χ0n) is 26.5. The number of ether oxygens (including phenoxy) is 6. The van der Waals surface area contributed by atoms with E-state index in [1.807, 2.05) is 48.5 Å². The first-order chi connectivity index (χ1) is 20.6. The maximum atomic E-state index is 13.4. The molecule has 1 saturated carbocycles. The second-order valence-electron chi connectivity index (χ2n) is 12.6. The standard InChI is InChI=1S/C35H48O8/c1-23(20-42-22-26-10-14-28(39-6)15-11-26)18-24(2)35-29(19-34(35,3)4)31(33(37)43-35)32(36)30(40-7)16-17-41-21-25-8-12-27(38-5)13-9-25/h8-15,23,29-32,36H,2,16-22H2,1,3-7H3/t23-,29-,30-,31+,32+,35+/m0/s1. The van der Waals surface area contributed by atoms with E-state index in [0.29, 0.717) is 39.3 Å². The Labute approximate surface area is 256 Å². The fourth-order valence-corrected chi connectivity index (χ4v) is 6.89. The normalized spacial score (nSPS) is 24.3. The number of aliphatic hydroxyl groups is 1. The quantitative estimate of drug-likeness (QED) is 0.140. The third kappa shape index (κ3) is 7.09. The van der Waals surface area contributed by atoms with Gasteiger partial charge in [-0.2, -0.15) is 0 Å². The Kier molecular flexibility index (Phi) is 10.9. The molecule has 0 unspecified atom stereocenters. The molecule has 0 radical (unpaired) electrons. The molecule has 1 heterocycles. The van der Waals surface area contributed by atoms with E-state index < -0.39 is 23.7 Å². The van der Waals surface area contributed by atoms with Crippen LogP contribution in [0.25, 0.3) is 0 Å². The molecule has 43 heavy (non-hydrogen) atoms. The van der Waals surface area contributed by atoms with E-state index >= 15 is 0 Å². The molecule has 0 amide bonds. The number of carbonyl (C=O) groups is 1. The van der Waals surface area contributed by atoms with E-state index in [2.05, 4.69) is 27.4 Å². The number of methoxy groups -OCH3 is 3. The molecule has 0 spiro atoms. The minimum Gasteiger partial charge on any atom is -0.497 e. The Morgan fingerprint density at radius 2 is 1.53 bits per heavy atom. The van der Waals surface area contributed by atoms with Crippen LogP contribution in [-0.4, -0.2) is 63.4 Å². The van der Waals surface area contributed by atoms with Gasteiger partial charge in [0.15, 0.2) is 0 Å². The van der Waals surface area contributed by atoms with Crippen molar-refractivity contribution in [2.75, 3.05) is 34.5 Å². The van der Waals surface area contributed by atoms with Gasteiger partial charge in [0.1, 0.15) is 17.1 Å². The summed E-state index contributed by atoms with van der Waals surface area (Å²) in [5, 5.41) is 11.4. The number of fused-ring (bicyclic) bond motifs is 1. The van der Waals surface area contributed by atoms with Gasteiger partial charge in [0.05, 0.1) is 45.6 Å². The van der Waals surface area contributed by atoms with E-state index in [4.69, 9.17) is 28.4 Å². The van der Waals surface area contributed by atoms with Crippen LogP contribution in [0.2, 0.25) is 0 Å². The predicted molar refractivity (Wildman–Crippen MR) is 164 cm³/mol. The van der Waals surface area contributed by atoms with Crippen molar-refractivity contribution in [3.05, 3.63) is 71.8 Å². The molecule has 8 nitrogen and oxygen atoms in total. The minimum atomic E-state index is -1.01. The molecule has 2 aliphatic rings. The first kappa shape index (κ1) is 33.0. The molecule has 0 bridgehead atoms. The van der Waals surface area contributed by atoms with Gasteiger partial charge in [0.2, 0.25) is 0 Å². The van der Waals surface area contributed by atoms with Crippen molar-refractivity contribution in [1.29, 1.82) is 0 Å². The lowest BCUT2D eigenvalue weighted by Gasteiger charge is -2.59. The highest BCUT2D eigenvalue weighted by Crippen LogP contribution is 2.66. The summed E-state index contributed by atoms with van der Waals surface area (Å²) in [5.74, 6) is 0.555. The minimum absolute atomic E-state index is 0.164. The van der Waals surface area contributed by atoms with Crippen molar-refractivity contribution >= 4 is 5.97 Å². The SMILES string of the molecule is C=C(C[C@H](C)COCc1ccc(OC)cc1)[C@@]12OC(=O)[C@@H]([C@H](O)[C@H](CCOCc3ccc(OC)cc3)OC)[C@@H]1CC2(C)C. The number of benzene rings is 2. The van der Waals surface area contributed by atoms with Gasteiger partial charge in [0, 0.05) is 31.7 Å². The Balaban J connectivity index is 1.31. The highest BCUT2D eigenvalue weighted by Gasteiger charge is 2.73. The second kappa shape index (κ2) is 14.2. The second-order valence-corrected chi connectivity index (χ2v) is 12.6. The number of aliphatic hydroxyl groups excluding tert-OH is 1. The summed E-state index contributed by atoms with van der Waals surface area (Å²) in [6.45, 7) is 12.7. The van der Waals surface area contributed by atoms with Crippen LogP contribution in [-0.2, 0) is 37.0 Å². The van der Waals surface area contributed by atoms with Gasteiger partial charge in [-0.3, -0.25) is 4.79 Å². The highest BCUT2D eigenvalue weighted by atomic mass is 16.6. The van der Waals surface area contributed by atoms with Crippen molar-refractivity contribution in [2.24, 2.45) is 23.2 Å². The number of esters is 1. The molecule has 1 N–H and O–H groups in total. The fourth-order valence-electron chi connectivity index (χ4n) is 6.89. The number of rotatable bonds is 17. The maximum absolute atomic E-state index is 13.4. The zero-order valence-corrected chi connectivity index (χ0v) is 26.5. The van der Waals surface area contributed by atoms with Crippen LogP contribution in [0.5, 0.6) is 11.5 Å². The van der Waals surface area contributed by atoms with Crippen molar-refractivity contribution in [2.45, 2.75) is 71.1 Å². The lowest BCUT2D eigenvalue weighted by atomic mass is 9.47. The van der Waals surface area contributed by atoms with Gasteiger partial charge in [-0.25, -0.2) is 0 Å². The summed E-state index contributed by atoms with van der Waals surface area (Å²) < 4.78 is 34.1. The Bertz CT molecular complexity index is 1210. The maximum Gasteiger partial charge on any atom is 0.313 e. The monoisotopic (exact) mass is 596 g/mol. The molecule has 4 rings (SSSR count). The average Bonchev–Trinajstić information content (AvgIpc) is 3.26. The van der Waals surface area contributed by atoms with E-state index in [9.17, 15) is 9.90 Å². The zero-order chi connectivity index (χ0) is 31.2. The van der Waals surface area contributed by atoms with Crippen LogP contribution in [0.4, 0.5) is 0 Å². The fraction of sp³-hybridized carbons (Fsp3) is 0.571. The van der Waals surface area contributed by atoms with E-state index in [-0.39, 0.29) is 23.2 Å². The van der Waals surface area contributed by atoms with Gasteiger partial charge < -0.3 is 33.5 Å². The predicted octanol–water partition coefficient (Wildman–Crippen LogP) is 5.74. The van der Waals surface area contributed by atoms with Crippen molar-refractivity contribution in [3.8, 4) is 11.5 Å². The molecule has 236 valence electrons. The van der Waals surface area contributed by atoms with Crippen LogP contribution in [0.15, 0.2) is 60.7 Å². The first-order valence-corrected chi connectivity index (χ1v) is 15.1. The molecule has 2 aromatic rings. The van der Waals surface area contributed by atoms with Crippen LogP contribution in [0, 0.1) is 23.2 Å². The molecule has 0 aromatic heterocycles. The summed E-state index contributed by atoms with van der Waals surface area (Å²) >= 11 is 0. The van der Waals surface area contributed by atoms with Crippen molar-refractivity contribution < 1.29 is 38.3 Å². The van der Waals surface area contributed by atoms with Crippen LogP contribution >= 0.6 is 0 Å². The van der Waals surface area contributed by atoms with Crippen LogP contribution < -0.4 is 9.47 Å². The number of hydrogen-bond donors (Lipinski definition) is 1. The molecule has 1 saturated heterocycles. The third-order valence-corrected chi connectivity index (χ3v) is 9.20. The van der Waals surface area contributed by atoms with Gasteiger partial charge >= 0.3 is 5.97 Å². The average molecular weight is 597 g/mol. The lowest BCUT2D eigenvalue weighted by Crippen LogP contribution is -2.63. The van der Waals surface area contributed by atoms with Gasteiger partial charge in [-0.15, -0.1) is 0 Å². The Morgan fingerprint density at radius 1 is 0.977 bits per heavy atom. The molecular weight excluding hydrogens is 548 g/mol. The molecule has 6 atom stereocenters. The largest absolute Gasteiger partial charge is 0.497 e. The summed E-state index contributed by atoms with van der Waals surface area (Å²) in [7, 11) is 4.84. The number of carbonyl (C=O) groups excluding carboxylic acids is 1. The van der Waals surface area contributed by atoms with Crippen LogP contribution in [0.3, 0.4) is 0 Å². The van der Waals surface area contributed by atoms with Crippen molar-refractivity contribution in [1.82, 2.24) is 0 Å². The Hall–Kier alpha value is -2.91. The Morgan fingerprint density at radius 3 is 2.05 bits per heavy atom. The smallest absolute Gasteiger partial charge is 0.313 e. The lowest BCUT2D eigenvalue weighted by molar-refractivity contribution is -0.179. The first-order valence-electron chi connectivity index (χ1n) is 15.1. The third-order valence-electron chi connectivity index (χ3n) is 9.20. The molecule has 2 aromatic carbocycles. The van der Waals surface area contributed by atoms with E-state index in [0.717, 1.165) is 34.6 Å². The number of hydrogen-bond acceptors (Lipinski definition) is 8. The summed E-state index contributed by atoms with van der Waals surface area (Å²) in [5.41, 5.74) is 1.88. The molecule has 8 heteroatoms. The van der Waals surface area contributed by atoms with Crippen LogP contribution in [0.1, 0.15) is 51.2 Å².